The van der Waals surface area contributed by atoms with E-state index in [1.54, 1.807) is 0 Å². The van der Waals surface area contributed by atoms with E-state index in [9.17, 15) is 4.79 Å². The van der Waals surface area contributed by atoms with Crippen molar-refractivity contribution in [1.29, 1.82) is 0 Å². The van der Waals surface area contributed by atoms with E-state index < -0.39 is 0 Å². The second kappa shape index (κ2) is 11.3. The van der Waals surface area contributed by atoms with E-state index in [0.29, 0.717) is 11.5 Å². The monoisotopic (exact) mass is 440 g/mol. The van der Waals surface area contributed by atoms with Gasteiger partial charge >= 0.3 is 5.97 Å². The van der Waals surface area contributed by atoms with Gasteiger partial charge in [0, 0.05) is 0 Å². The lowest BCUT2D eigenvalue weighted by Crippen LogP contribution is -2.24. The molecule has 1 aliphatic rings. The highest BCUT2D eigenvalue weighted by molar-refractivity contribution is 5.90. The Morgan fingerprint density at radius 2 is 1.45 bits per heavy atom. The average molecular weight is 441 g/mol. The SMILES string of the molecule is CCCC1CCC(OC(=O)c2ccc(-c3ccc(CC(C)c4ccccc4)cc3)cc2)CC1. The van der Waals surface area contributed by atoms with Gasteiger partial charge in [-0.05, 0) is 78.3 Å². The first-order valence-electron chi connectivity index (χ1n) is 12.6. The van der Waals surface area contributed by atoms with Crippen LogP contribution in [-0.4, -0.2) is 12.1 Å². The Labute approximate surface area is 199 Å². The van der Waals surface area contributed by atoms with Crippen molar-refractivity contribution in [2.45, 2.75) is 70.8 Å². The molecule has 1 aliphatic carbocycles. The summed E-state index contributed by atoms with van der Waals surface area (Å²) in [6, 6.07) is 27.3. The topological polar surface area (TPSA) is 26.3 Å². The van der Waals surface area contributed by atoms with Crippen LogP contribution in [0.3, 0.4) is 0 Å². The summed E-state index contributed by atoms with van der Waals surface area (Å²) in [5.74, 6) is 1.12. The summed E-state index contributed by atoms with van der Waals surface area (Å²) in [6.07, 6.45) is 8.03. The molecule has 0 radical (unpaired) electrons. The van der Waals surface area contributed by atoms with Crippen molar-refractivity contribution < 1.29 is 9.53 Å². The minimum atomic E-state index is -0.189. The molecule has 0 saturated heterocycles. The third-order valence-electron chi connectivity index (χ3n) is 7.08. The first kappa shape index (κ1) is 23.3. The molecule has 1 saturated carbocycles. The zero-order chi connectivity index (χ0) is 23.0. The predicted molar refractivity (Wildman–Crippen MR) is 137 cm³/mol. The smallest absolute Gasteiger partial charge is 0.338 e. The highest BCUT2D eigenvalue weighted by atomic mass is 16.5. The Morgan fingerprint density at radius 3 is 2.06 bits per heavy atom. The van der Waals surface area contributed by atoms with Crippen molar-refractivity contribution in [1.82, 2.24) is 0 Å². The van der Waals surface area contributed by atoms with E-state index in [1.807, 2.05) is 24.3 Å². The standard InChI is InChI=1S/C31H36O2/c1-3-7-24-12-20-30(21-13-24)33-31(32)29-18-16-28(17-19-29)27-14-10-25(11-15-27)22-23(2)26-8-5-4-6-9-26/h4-6,8-11,14-19,23-24,30H,3,7,12-13,20-22H2,1-2H3. The van der Waals surface area contributed by atoms with Gasteiger partial charge in [0.15, 0.2) is 0 Å². The summed E-state index contributed by atoms with van der Waals surface area (Å²) in [5, 5.41) is 0. The van der Waals surface area contributed by atoms with E-state index in [0.717, 1.165) is 30.7 Å². The van der Waals surface area contributed by atoms with Crippen LogP contribution in [0.4, 0.5) is 0 Å². The molecule has 0 heterocycles. The highest BCUT2D eigenvalue weighted by Gasteiger charge is 2.23. The van der Waals surface area contributed by atoms with Crippen molar-refractivity contribution in [2.24, 2.45) is 5.92 Å². The van der Waals surface area contributed by atoms with E-state index >= 15 is 0 Å². The van der Waals surface area contributed by atoms with Crippen LogP contribution in [0.2, 0.25) is 0 Å². The van der Waals surface area contributed by atoms with Gasteiger partial charge in [0.25, 0.3) is 0 Å². The number of ether oxygens (including phenoxy) is 1. The van der Waals surface area contributed by atoms with Crippen LogP contribution in [0, 0.1) is 5.92 Å². The molecule has 3 aromatic carbocycles. The van der Waals surface area contributed by atoms with Crippen molar-refractivity contribution in [3.63, 3.8) is 0 Å². The molecular weight excluding hydrogens is 404 g/mol. The lowest BCUT2D eigenvalue weighted by molar-refractivity contribution is 0.0161. The lowest BCUT2D eigenvalue weighted by atomic mass is 9.85. The van der Waals surface area contributed by atoms with Gasteiger partial charge in [-0.2, -0.15) is 0 Å². The maximum Gasteiger partial charge on any atom is 0.338 e. The van der Waals surface area contributed by atoms with Crippen LogP contribution in [0.25, 0.3) is 11.1 Å². The molecule has 2 heteroatoms. The van der Waals surface area contributed by atoms with Gasteiger partial charge in [-0.15, -0.1) is 0 Å². The maximum absolute atomic E-state index is 12.6. The molecule has 33 heavy (non-hydrogen) atoms. The van der Waals surface area contributed by atoms with Crippen LogP contribution in [0.15, 0.2) is 78.9 Å². The zero-order valence-corrected chi connectivity index (χ0v) is 20.0. The van der Waals surface area contributed by atoms with Gasteiger partial charge in [-0.1, -0.05) is 93.4 Å². The maximum atomic E-state index is 12.6. The summed E-state index contributed by atoms with van der Waals surface area (Å²) in [7, 11) is 0. The molecule has 0 amide bonds. The third-order valence-corrected chi connectivity index (χ3v) is 7.08. The van der Waals surface area contributed by atoms with E-state index in [2.05, 4.69) is 68.4 Å². The molecule has 2 nitrogen and oxygen atoms in total. The Bertz CT molecular complexity index is 997. The second-order valence-electron chi connectivity index (χ2n) is 9.63. The van der Waals surface area contributed by atoms with E-state index in [-0.39, 0.29) is 12.1 Å². The van der Waals surface area contributed by atoms with Crippen LogP contribution in [0.1, 0.15) is 79.8 Å². The van der Waals surface area contributed by atoms with Gasteiger partial charge in [-0.25, -0.2) is 4.79 Å². The molecule has 0 aliphatic heterocycles. The highest BCUT2D eigenvalue weighted by Crippen LogP contribution is 2.30. The molecule has 0 spiro atoms. The molecule has 3 aromatic rings. The first-order valence-corrected chi connectivity index (χ1v) is 12.6. The van der Waals surface area contributed by atoms with Crippen LogP contribution < -0.4 is 0 Å². The number of benzene rings is 3. The van der Waals surface area contributed by atoms with Gasteiger partial charge in [0.05, 0.1) is 5.56 Å². The van der Waals surface area contributed by atoms with Crippen molar-refractivity contribution in [3.8, 4) is 11.1 Å². The quantitative estimate of drug-likeness (QED) is 0.330. The van der Waals surface area contributed by atoms with Gasteiger partial charge in [-0.3, -0.25) is 0 Å². The number of hydrogen-bond acceptors (Lipinski definition) is 2. The first-order chi connectivity index (χ1) is 16.1. The Kier molecular flexibility index (Phi) is 7.99. The van der Waals surface area contributed by atoms with Crippen molar-refractivity contribution >= 4 is 5.97 Å². The van der Waals surface area contributed by atoms with Crippen LogP contribution >= 0.6 is 0 Å². The molecule has 0 bridgehead atoms. The zero-order valence-electron chi connectivity index (χ0n) is 20.0. The van der Waals surface area contributed by atoms with Crippen molar-refractivity contribution in [3.05, 3.63) is 95.6 Å². The average Bonchev–Trinajstić information content (AvgIpc) is 2.86. The minimum absolute atomic E-state index is 0.0797. The Hall–Kier alpha value is -2.87. The molecule has 172 valence electrons. The Balaban J connectivity index is 1.32. The summed E-state index contributed by atoms with van der Waals surface area (Å²) in [4.78, 5) is 12.6. The number of carbonyl (C=O) groups excluding carboxylic acids is 1. The Morgan fingerprint density at radius 1 is 0.848 bits per heavy atom. The molecule has 0 N–H and O–H groups in total. The fraction of sp³-hybridized carbons (Fsp3) is 0.387. The number of esters is 1. The molecule has 4 rings (SSSR count). The van der Waals surface area contributed by atoms with Crippen molar-refractivity contribution in [2.75, 3.05) is 0 Å². The van der Waals surface area contributed by atoms with Gasteiger partial charge in [0.2, 0.25) is 0 Å². The van der Waals surface area contributed by atoms with E-state index in [4.69, 9.17) is 4.74 Å². The summed E-state index contributed by atoms with van der Waals surface area (Å²) < 4.78 is 5.80. The minimum Gasteiger partial charge on any atom is -0.459 e. The van der Waals surface area contributed by atoms with Crippen LogP contribution in [0.5, 0.6) is 0 Å². The molecule has 1 atom stereocenters. The molecule has 1 unspecified atom stereocenters. The molecular formula is C31H36O2. The summed E-state index contributed by atoms with van der Waals surface area (Å²) in [5.41, 5.74) is 5.64. The van der Waals surface area contributed by atoms with Crippen LogP contribution in [-0.2, 0) is 11.2 Å². The molecule has 1 fully saturated rings. The fourth-order valence-electron chi connectivity index (χ4n) is 5.05. The fourth-order valence-corrected chi connectivity index (χ4v) is 5.05. The largest absolute Gasteiger partial charge is 0.459 e. The summed E-state index contributed by atoms with van der Waals surface area (Å²) >= 11 is 0. The number of rotatable bonds is 8. The van der Waals surface area contributed by atoms with Gasteiger partial charge < -0.3 is 4.74 Å². The normalized spacial score (nSPS) is 19.1. The lowest BCUT2D eigenvalue weighted by Gasteiger charge is -2.28. The third kappa shape index (κ3) is 6.35. The number of hydrogen-bond donors (Lipinski definition) is 0. The van der Waals surface area contributed by atoms with E-state index in [1.165, 1.54) is 42.4 Å². The summed E-state index contributed by atoms with van der Waals surface area (Å²) in [6.45, 7) is 4.52. The molecule has 0 aromatic heterocycles. The second-order valence-corrected chi connectivity index (χ2v) is 9.63. The number of carbonyl (C=O) groups is 1. The van der Waals surface area contributed by atoms with Gasteiger partial charge in [0.1, 0.15) is 6.10 Å². The predicted octanol–water partition coefficient (Wildman–Crippen LogP) is 8.22.